The lowest BCUT2D eigenvalue weighted by atomic mass is 10.2. The van der Waals surface area contributed by atoms with Crippen LogP contribution in [0.3, 0.4) is 0 Å². The molecule has 1 saturated heterocycles. The fraction of sp³-hybridized carbons (Fsp3) is 0.400. The van der Waals surface area contributed by atoms with Crippen molar-refractivity contribution < 1.29 is 30.5 Å². The molecule has 0 N–H and O–H groups in total. The molecule has 0 radical (unpaired) electrons. The number of sulfone groups is 1. The standard InChI is InChI=1S/C20H21F3N4O4S2/c1-3-33(29,30)17-11-14(26-32(28)8-6-31-7-9-32)4-5-15(17)18-25-16-10-13(20(21,22)23)12-24-19(16)27(18)2/h4-5,10-12H,3,6-9H2,1-2H3. The summed E-state index contributed by atoms with van der Waals surface area (Å²) in [6, 6.07) is 5.22. The van der Waals surface area contributed by atoms with Crippen LogP contribution >= 0.6 is 0 Å². The molecule has 8 nitrogen and oxygen atoms in total. The third kappa shape index (κ3) is 4.62. The SMILES string of the molecule is CCS(=O)(=O)c1cc(N=S2(=O)CCOCC2)ccc1-c1nc2cc(C(F)(F)F)cnc2n1C. The van der Waals surface area contributed by atoms with Gasteiger partial charge in [0.1, 0.15) is 11.3 Å². The van der Waals surface area contributed by atoms with Crippen molar-refractivity contribution in [3.05, 3.63) is 36.0 Å². The van der Waals surface area contributed by atoms with Gasteiger partial charge in [-0.1, -0.05) is 6.92 Å². The minimum atomic E-state index is -4.58. The number of halogens is 3. The number of hydrogen-bond donors (Lipinski definition) is 0. The maximum atomic E-state index is 13.1. The topological polar surface area (TPSA) is 104 Å². The molecule has 4 rings (SSSR count). The van der Waals surface area contributed by atoms with Crippen LogP contribution in [0.25, 0.3) is 22.6 Å². The molecule has 0 amide bonds. The summed E-state index contributed by atoms with van der Waals surface area (Å²) in [5.41, 5.74) is -0.339. The summed E-state index contributed by atoms with van der Waals surface area (Å²) in [5.74, 6) is 0.434. The van der Waals surface area contributed by atoms with Crippen molar-refractivity contribution in [2.45, 2.75) is 18.0 Å². The van der Waals surface area contributed by atoms with Crippen molar-refractivity contribution in [3.8, 4) is 11.4 Å². The highest BCUT2D eigenvalue weighted by Crippen LogP contribution is 2.35. The average molecular weight is 503 g/mol. The van der Waals surface area contributed by atoms with Crippen LogP contribution in [0.15, 0.2) is 39.7 Å². The first-order chi connectivity index (χ1) is 15.4. The van der Waals surface area contributed by atoms with E-state index in [4.69, 9.17) is 4.74 Å². The van der Waals surface area contributed by atoms with E-state index in [1.807, 2.05) is 0 Å². The molecule has 0 atom stereocenters. The Balaban J connectivity index is 1.90. The Morgan fingerprint density at radius 2 is 1.91 bits per heavy atom. The minimum absolute atomic E-state index is 0.0129. The maximum Gasteiger partial charge on any atom is 0.417 e. The number of hydrogen-bond acceptors (Lipinski definition) is 7. The molecule has 0 bridgehead atoms. The first-order valence-electron chi connectivity index (χ1n) is 10.0. The number of fused-ring (bicyclic) bond motifs is 1. The Hall–Kier alpha value is -2.51. The molecule has 178 valence electrons. The molecule has 13 heteroatoms. The van der Waals surface area contributed by atoms with Crippen LogP contribution in [0, 0.1) is 0 Å². The summed E-state index contributed by atoms with van der Waals surface area (Å²) in [6.45, 7) is 2.11. The van der Waals surface area contributed by atoms with Crippen LogP contribution in [0.2, 0.25) is 0 Å². The lowest BCUT2D eigenvalue weighted by Gasteiger charge is -2.16. The molecule has 33 heavy (non-hydrogen) atoms. The van der Waals surface area contributed by atoms with Crippen molar-refractivity contribution in [2.75, 3.05) is 30.5 Å². The number of benzene rings is 1. The van der Waals surface area contributed by atoms with Gasteiger partial charge in [-0.2, -0.15) is 17.5 Å². The number of rotatable bonds is 4. The van der Waals surface area contributed by atoms with Crippen LogP contribution in [0.4, 0.5) is 18.9 Å². The molecular formula is C20H21F3N4O4S2. The highest BCUT2D eigenvalue weighted by Gasteiger charge is 2.32. The summed E-state index contributed by atoms with van der Waals surface area (Å²) in [5, 5.41) is 0. The molecular weight excluding hydrogens is 481 g/mol. The number of alkyl halides is 3. The molecule has 3 heterocycles. The maximum absolute atomic E-state index is 13.1. The monoisotopic (exact) mass is 502 g/mol. The number of aromatic nitrogens is 3. The molecule has 1 aliphatic rings. The van der Waals surface area contributed by atoms with Crippen LogP contribution in [-0.2, 0) is 37.5 Å². The quantitative estimate of drug-likeness (QED) is 0.540. The van der Waals surface area contributed by atoms with Gasteiger partial charge >= 0.3 is 6.18 Å². The largest absolute Gasteiger partial charge is 0.417 e. The van der Waals surface area contributed by atoms with Gasteiger partial charge in [0.2, 0.25) is 0 Å². The molecule has 1 aliphatic heterocycles. The van der Waals surface area contributed by atoms with Crippen LogP contribution in [-0.4, -0.2) is 57.6 Å². The van der Waals surface area contributed by atoms with Gasteiger partial charge in [0.05, 0.1) is 56.3 Å². The molecule has 1 fully saturated rings. The highest BCUT2D eigenvalue weighted by molar-refractivity contribution is 7.93. The zero-order chi connectivity index (χ0) is 24.0. The van der Waals surface area contributed by atoms with Crippen molar-refractivity contribution in [3.63, 3.8) is 0 Å². The van der Waals surface area contributed by atoms with Crippen LogP contribution in [0.1, 0.15) is 12.5 Å². The number of aryl methyl sites for hydroxylation is 1. The van der Waals surface area contributed by atoms with E-state index in [1.165, 1.54) is 29.7 Å². The smallest absolute Gasteiger partial charge is 0.379 e. The predicted molar refractivity (Wildman–Crippen MR) is 117 cm³/mol. The van der Waals surface area contributed by atoms with E-state index >= 15 is 0 Å². The van der Waals surface area contributed by atoms with Gasteiger partial charge in [0.15, 0.2) is 15.5 Å². The summed E-state index contributed by atoms with van der Waals surface area (Å²) in [4.78, 5) is 8.04. The predicted octanol–water partition coefficient (Wildman–Crippen LogP) is 3.58. The lowest BCUT2D eigenvalue weighted by Crippen LogP contribution is -2.25. The van der Waals surface area contributed by atoms with Crippen LogP contribution < -0.4 is 0 Å². The molecule has 0 spiro atoms. The Morgan fingerprint density at radius 1 is 1.21 bits per heavy atom. The van der Waals surface area contributed by atoms with Gasteiger partial charge in [-0.05, 0) is 24.3 Å². The molecule has 0 unspecified atom stereocenters. The Kier molecular flexibility index (Phi) is 5.99. The third-order valence-corrected chi connectivity index (χ3v) is 9.24. The fourth-order valence-electron chi connectivity index (χ4n) is 3.50. The summed E-state index contributed by atoms with van der Waals surface area (Å²) >= 11 is 0. The Labute approximate surface area is 188 Å². The van der Waals surface area contributed by atoms with Crippen molar-refractivity contribution in [2.24, 2.45) is 11.4 Å². The number of pyridine rings is 1. The van der Waals surface area contributed by atoms with Crippen molar-refractivity contribution in [1.82, 2.24) is 14.5 Å². The minimum Gasteiger partial charge on any atom is -0.379 e. The van der Waals surface area contributed by atoms with Gasteiger partial charge in [-0.25, -0.2) is 22.6 Å². The van der Waals surface area contributed by atoms with E-state index in [2.05, 4.69) is 14.3 Å². The second-order valence-corrected chi connectivity index (χ2v) is 12.3. The average Bonchev–Trinajstić information content (AvgIpc) is 3.09. The first-order valence-corrected chi connectivity index (χ1v) is 13.5. The second-order valence-electron chi connectivity index (χ2n) is 7.53. The third-order valence-electron chi connectivity index (χ3n) is 5.32. The van der Waals surface area contributed by atoms with Gasteiger partial charge in [-0.15, -0.1) is 0 Å². The van der Waals surface area contributed by atoms with Crippen molar-refractivity contribution in [1.29, 1.82) is 0 Å². The molecule has 0 aliphatic carbocycles. The van der Waals surface area contributed by atoms with Crippen molar-refractivity contribution >= 4 is 36.4 Å². The van der Waals surface area contributed by atoms with E-state index < -0.39 is 31.3 Å². The van der Waals surface area contributed by atoms with Crippen LogP contribution in [0.5, 0.6) is 0 Å². The van der Waals surface area contributed by atoms with E-state index in [-0.39, 0.29) is 50.4 Å². The summed E-state index contributed by atoms with van der Waals surface area (Å²) in [7, 11) is -4.80. The van der Waals surface area contributed by atoms with Gasteiger partial charge < -0.3 is 9.30 Å². The van der Waals surface area contributed by atoms with Gasteiger partial charge in [0, 0.05) is 18.8 Å². The van der Waals surface area contributed by atoms with Gasteiger partial charge in [0.25, 0.3) is 0 Å². The highest BCUT2D eigenvalue weighted by atomic mass is 32.2. The Bertz CT molecular complexity index is 1440. The lowest BCUT2D eigenvalue weighted by molar-refractivity contribution is -0.137. The zero-order valence-electron chi connectivity index (χ0n) is 17.8. The summed E-state index contributed by atoms with van der Waals surface area (Å²) in [6.07, 6.45) is -3.87. The Morgan fingerprint density at radius 3 is 2.55 bits per heavy atom. The first kappa shape index (κ1) is 23.6. The fourth-order valence-corrected chi connectivity index (χ4v) is 6.25. The molecule has 0 saturated carbocycles. The second kappa shape index (κ2) is 8.37. The molecule has 2 aromatic heterocycles. The molecule has 1 aromatic carbocycles. The van der Waals surface area contributed by atoms with E-state index in [0.717, 1.165) is 6.07 Å². The van der Waals surface area contributed by atoms with Gasteiger partial charge in [-0.3, -0.25) is 0 Å². The van der Waals surface area contributed by atoms with E-state index in [9.17, 15) is 25.8 Å². The normalized spacial score (nSPS) is 16.8. The zero-order valence-corrected chi connectivity index (χ0v) is 19.4. The number of imidazole rings is 1. The summed E-state index contributed by atoms with van der Waals surface area (Å²) < 4.78 is 89.0. The van der Waals surface area contributed by atoms with E-state index in [1.54, 1.807) is 7.05 Å². The number of ether oxygens (including phenoxy) is 1. The van der Waals surface area contributed by atoms with E-state index in [0.29, 0.717) is 19.4 Å². The number of nitrogens with zero attached hydrogens (tertiary/aromatic N) is 4. The molecule has 3 aromatic rings.